The van der Waals surface area contributed by atoms with Gasteiger partial charge in [0.2, 0.25) is 0 Å². The lowest BCUT2D eigenvalue weighted by molar-refractivity contribution is -0.193. The molecule has 0 spiro atoms. The molecule has 0 aliphatic rings. The predicted molar refractivity (Wildman–Crippen MR) is 84.4 cm³/mol. The van der Waals surface area contributed by atoms with Crippen LogP contribution in [0.4, 0.5) is 0 Å². The zero-order chi connectivity index (χ0) is 16.6. The van der Waals surface area contributed by atoms with Crippen molar-refractivity contribution < 1.29 is 19.1 Å². The van der Waals surface area contributed by atoms with Crippen LogP contribution in [-0.4, -0.2) is 11.7 Å². The van der Waals surface area contributed by atoms with E-state index in [9.17, 15) is 14.6 Å². The van der Waals surface area contributed by atoms with Crippen molar-refractivity contribution in [1.29, 1.82) is 0 Å². The first-order valence-corrected chi connectivity index (χ1v) is 8.69. The van der Waals surface area contributed by atoms with Crippen LogP contribution >= 0.6 is 7.60 Å². The van der Waals surface area contributed by atoms with Crippen LogP contribution in [0.3, 0.4) is 0 Å². The van der Waals surface area contributed by atoms with E-state index >= 15 is 0 Å². The lowest BCUT2D eigenvalue weighted by Crippen LogP contribution is -2.25. The number of rotatable bonds is 3. The van der Waals surface area contributed by atoms with E-state index in [0.29, 0.717) is 11.1 Å². The average Bonchev–Trinajstić information content (AvgIpc) is 2.25. The Bertz CT molecular complexity index is 530. The van der Waals surface area contributed by atoms with E-state index in [0.717, 1.165) is 0 Å². The van der Waals surface area contributed by atoms with Gasteiger partial charge in [0, 0.05) is 16.4 Å². The van der Waals surface area contributed by atoms with Crippen molar-refractivity contribution in [3.63, 3.8) is 0 Å². The van der Waals surface area contributed by atoms with Gasteiger partial charge in [0.1, 0.15) is 5.75 Å². The van der Waals surface area contributed by atoms with Crippen LogP contribution in [0.2, 0.25) is 0 Å². The second kappa shape index (κ2) is 5.75. The highest BCUT2D eigenvalue weighted by Crippen LogP contribution is 2.43. The highest BCUT2D eigenvalue weighted by atomic mass is 31.2. The topological polar surface area (TPSA) is 69.6 Å². The zero-order valence-electron chi connectivity index (χ0n) is 14.0. The molecule has 0 bridgehead atoms. The Morgan fingerprint density at radius 3 is 1.76 bits per heavy atom. The van der Waals surface area contributed by atoms with Crippen LogP contribution in [-0.2, 0) is 19.9 Å². The molecule has 4 nitrogen and oxygen atoms in total. The molecule has 5 heteroatoms. The molecule has 0 aromatic heterocycles. The SMILES string of the molecule is CCOP(=O)([O-])c1cc(C(C)(C)C)c(O)c(C(C)(C)C)c1. The normalized spacial score (nSPS) is 15.8. The maximum Gasteiger partial charge on any atom is 0.165 e. The zero-order valence-corrected chi connectivity index (χ0v) is 14.9. The minimum Gasteiger partial charge on any atom is -0.775 e. The first kappa shape index (κ1) is 18.2. The number of phenols is 1. The molecule has 1 unspecified atom stereocenters. The van der Waals surface area contributed by atoms with Crippen LogP contribution in [0.15, 0.2) is 12.1 Å². The molecule has 0 saturated carbocycles. The van der Waals surface area contributed by atoms with Gasteiger partial charge in [0.05, 0.1) is 6.61 Å². The lowest BCUT2D eigenvalue weighted by atomic mass is 9.79. The second-order valence-corrected chi connectivity index (χ2v) is 9.07. The number of benzene rings is 1. The quantitative estimate of drug-likeness (QED) is 0.870. The fourth-order valence-electron chi connectivity index (χ4n) is 2.17. The van der Waals surface area contributed by atoms with Gasteiger partial charge in [-0.2, -0.15) is 0 Å². The Morgan fingerprint density at radius 2 is 1.48 bits per heavy atom. The van der Waals surface area contributed by atoms with Gasteiger partial charge in [0.25, 0.3) is 0 Å². The molecule has 1 N–H and O–H groups in total. The van der Waals surface area contributed by atoms with E-state index in [2.05, 4.69) is 0 Å². The number of hydrogen-bond donors (Lipinski definition) is 1. The van der Waals surface area contributed by atoms with E-state index in [-0.39, 0.29) is 28.5 Å². The smallest absolute Gasteiger partial charge is 0.165 e. The fraction of sp³-hybridized carbons (Fsp3) is 0.625. The number of hydrogen-bond acceptors (Lipinski definition) is 4. The summed E-state index contributed by atoms with van der Waals surface area (Å²) >= 11 is 0. The van der Waals surface area contributed by atoms with Gasteiger partial charge in [-0.05, 0) is 29.9 Å². The first-order chi connectivity index (χ1) is 9.30. The van der Waals surface area contributed by atoms with E-state index in [1.54, 1.807) is 6.92 Å². The summed E-state index contributed by atoms with van der Waals surface area (Å²) < 4.78 is 17.1. The average molecular weight is 313 g/mol. The molecule has 0 heterocycles. The number of phenolic OH excluding ortho intramolecular Hbond substituents is 1. The second-order valence-electron chi connectivity index (χ2n) is 7.30. The molecular weight excluding hydrogens is 287 g/mol. The molecule has 0 saturated heterocycles. The largest absolute Gasteiger partial charge is 0.775 e. The molecule has 0 amide bonds. The number of aromatic hydroxyl groups is 1. The summed E-state index contributed by atoms with van der Waals surface area (Å²) in [5.74, 6) is 0.162. The lowest BCUT2D eigenvalue weighted by Gasteiger charge is -2.31. The van der Waals surface area contributed by atoms with Gasteiger partial charge in [-0.3, -0.25) is 0 Å². The summed E-state index contributed by atoms with van der Waals surface area (Å²) in [4.78, 5) is 12.2. The molecule has 0 fully saturated rings. The van der Waals surface area contributed by atoms with E-state index in [1.165, 1.54) is 12.1 Å². The highest BCUT2D eigenvalue weighted by Gasteiger charge is 2.28. The maximum absolute atomic E-state index is 12.2. The van der Waals surface area contributed by atoms with Gasteiger partial charge in [-0.25, -0.2) is 0 Å². The van der Waals surface area contributed by atoms with E-state index in [1.807, 2.05) is 41.5 Å². The van der Waals surface area contributed by atoms with Crippen LogP contribution in [0.5, 0.6) is 5.75 Å². The fourth-order valence-corrected chi connectivity index (χ4v) is 3.23. The van der Waals surface area contributed by atoms with Crippen molar-refractivity contribution in [3.8, 4) is 5.75 Å². The van der Waals surface area contributed by atoms with Crippen molar-refractivity contribution in [2.24, 2.45) is 0 Å². The molecular formula is C16H26O4P-. The molecule has 0 aliphatic heterocycles. The standard InChI is InChI=1S/C16H27O4P/c1-8-20-21(18,19)11-9-12(15(2,3)4)14(17)13(10-11)16(5,6)7/h9-10,17H,8H2,1-7H3,(H,18,19)/p-1. The third kappa shape index (κ3) is 4.09. The molecule has 0 aliphatic carbocycles. The summed E-state index contributed by atoms with van der Waals surface area (Å²) in [6, 6.07) is 3.04. The van der Waals surface area contributed by atoms with Gasteiger partial charge in [-0.1, -0.05) is 41.5 Å². The van der Waals surface area contributed by atoms with Gasteiger partial charge in [0.15, 0.2) is 7.60 Å². The molecule has 1 rings (SSSR count). The van der Waals surface area contributed by atoms with Crippen molar-refractivity contribution in [1.82, 2.24) is 0 Å². The van der Waals surface area contributed by atoms with Crippen LogP contribution in [0.25, 0.3) is 0 Å². The third-order valence-electron chi connectivity index (χ3n) is 3.33. The Labute approximate surface area is 127 Å². The highest BCUT2D eigenvalue weighted by molar-refractivity contribution is 7.59. The minimum atomic E-state index is -4.12. The Balaban J connectivity index is 3.67. The molecule has 1 aromatic carbocycles. The van der Waals surface area contributed by atoms with E-state index in [4.69, 9.17) is 4.52 Å². The van der Waals surface area contributed by atoms with Crippen LogP contribution in [0.1, 0.15) is 59.6 Å². The van der Waals surface area contributed by atoms with Gasteiger partial charge < -0.3 is 19.1 Å². The van der Waals surface area contributed by atoms with Crippen LogP contribution < -0.4 is 10.2 Å². The van der Waals surface area contributed by atoms with Gasteiger partial charge in [-0.15, -0.1) is 0 Å². The molecule has 0 radical (unpaired) electrons. The summed E-state index contributed by atoms with van der Waals surface area (Å²) in [6.45, 7) is 13.4. The third-order valence-corrected chi connectivity index (χ3v) is 4.81. The maximum atomic E-state index is 12.2. The van der Waals surface area contributed by atoms with Crippen LogP contribution in [0, 0.1) is 0 Å². The predicted octanol–water partition coefficient (Wildman–Crippen LogP) is 3.20. The summed E-state index contributed by atoms with van der Waals surface area (Å²) in [5, 5.41) is 10.7. The Morgan fingerprint density at radius 1 is 1.10 bits per heavy atom. The Hall–Kier alpha value is -0.830. The van der Waals surface area contributed by atoms with Crippen molar-refractivity contribution in [2.45, 2.75) is 59.3 Å². The first-order valence-electron chi connectivity index (χ1n) is 7.15. The van der Waals surface area contributed by atoms with Crippen molar-refractivity contribution >= 4 is 12.9 Å². The summed E-state index contributed by atoms with van der Waals surface area (Å²) in [5.41, 5.74) is 0.486. The van der Waals surface area contributed by atoms with E-state index < -0.39 is 7.60 Å². The van der Waals surface area contributed by atoms with Crippen molar-refractivity contribution in [3.05, 3.63) is 23.3 Å². The monoisotopic (exact) mass is 313 g/mol. The Kier molecular flexibility index (Phi) is 4.99. The molecule has 1 aromatic rings. The minimum absolute atomic E-state index is 0.0946. The summed E-state index contributed by atoms with van der Waals surface area (Å²) in [7, 11) is -4.12. The van der Waals surface area contributed by atoms with Crippen molar-refractivity contribution in [2.75, 3.05) is 6.61 Å². The summed E-state index contributed by atoms with van der Waals surface area (Å²) in [6.07, 6.45) is 0. The molecule has 120 valence electrons. The van der Waals surface area contributed by atoms with Gasteiger partial charge >= 0.3 is 0 Å². The molecule has 1 atom stereocenters. The molecule has 21 heavy (non-hydrogen) atoms.